The molecule has 2 aromatic heterocycles. The van der Waals surface area contributed by atoms with E-state index < -0.39 is 0 Å². The number of hydrogen-bond donors (Lipinski definition) is 1. The molecule has 0 unspecified atom stereocenters. The van der Waals surface area contributed by atoms with Crippen LogP contribution in [-0.4, -0.2) is 26.4 Å². The molecule has 1 aliphatic heterocycles. The minimum Gasteiger partial charge on any atom is -0.354 e. The van der Waals surface area contributed by atoms with Crippen LogP contribution in [0.5, 0.6) is 0 Å². The number of aromatic nitrogens is 3. The number of rotatable bonds is 5. The second-order valence-electron chi connectivity index (χ2n) is 8.76. The Balaban J connectivity index is 1.32. The number of fused-ring (bicyclic) bond motifs is 2. The minimum absolute atomic E-state index is 0.822. The highest BCUT2D eigenvalue weighted by Gasteiger charge is 2.25. The molecular formula is C26H26N4. The van der Waals surface area contributed by atoms with Crippen molar-refractivity contribution in [2.75, 3.05) is 6.54 Å². The number of nitrogens with zero attached hydrogens (tertiary/aromatic N) is 3. The molecule has 1 N–H and O–H groups in total. The van der Waals surface area contributed by atoms with E-state index in [-0.39, 0.29) is 0 Å². The minimum atomic E-state index is 0.822. The summed E-state index contributed by atoms with van der Waals surface area (Å²) in [6, 6.07) is 19.3. The lowest BCUT2D eigenvalue weighted by molar-refractivity contribution is 0.242. The van der Waals surface area contributed by atoms with Gasteiger partial charge in [-0.1, -0.05) is 48.5 Å². The molecule has 4 heteroatoms. The number of para-hydroxylation sites is 1. The third-order valence-corrected chi connectivity index (χ3v) is 6.50. The van der Waals surface area contributed by atoms with Crippen molar-refractivity contribution >= 4 is 10.9 Å². The first-order chi connectivity index (χ1) is 14.8. The van der Waals surface area contributed by atoms with Crippen LogP contribution in [0.25, 0.3) is 22.2 Å². The summed E-state index contributed by atoms with van der Waals surface area (Å²) in [6.45, 7) is 2.88. The fourth-order valence-electron chi connectivity index (χ4n) is 4.65. The van der Waals surface area contributed by atoms with Gasteiger partial charge >= 0.3 is 0 Å². The lowest BCUT2D eigenvalue weighted by atomic mass is 10.0. The average molecular weight is 395 g/mol. The first-order valence-electron chi connectivity index (χ1n) is 11.0. The predicted octanol–water partition coefficient (Wildman–Crippen LogP) is 5.14. The van der Waals surface area contributed by atoms with E-state index in [1.165, 1.54) is 51.8 Å². The van der Waals surface area contributed by atoms with Gasteiger partial charge in [-0.3, -0.25) is 4.90 Å². The Morgan fingerprint density at radius 3 is 2.70 bits per heavy atom. The third-order valence-electron chi connectivity index (χ3n) is 6.50. The molecule has 3 heterocycles. The van der Waals surface area contributed by atoms with Crippen LogP contribution in [0, 0.1) is 5.92 Å². The summed E-state index contributed by atoms with van der Waals surface area (Å²) < 4.78 is 0. The molecule has 4 aromatic rings. The zero-order valence-corrected chi connectivity index (χ0v) is 17.1. The van der Waals surface area contributed by atoms with Gasteiger partial charge in [-0.15, -0.1) is 0 Å². The summed E-state index contributed by atoms with van der Waals surface area (Å²) in [5.41, 5.74) is 7.63. The van der Waals surface area contributed by atoms with Crippen molar-refractivity contribution in [3.05, 3.63) is 83.4 Å². The van der Waals surface area contributed by atoms with E-state index in [4.69, 9.17) is 4.98 Å². The summed E-state index contributed by atoms with van der Waals surface area (Å²) in [5.74, 6) is 1.86. The first-order valence-corrected chi connectivity index (χ1v) is 11.0. The Kier molecular flexibility index (Phi) is 4.38. The number of H-pyrrole nitrogens is 1. The summed E-state index contributed by atoms with van der Waals surface area (Å²) in [6.07, 6.45) is 6.85. The summed E-state index contributed by atoms with van der Waals surface area (Å²) in [5, 5.41) is 1.32. The van der Waals surface area contributed by atoms with Crippen LogP contribution in [-0.2, 0) is 25.9 Å². The van der Waals surface area contributed by atoms with Crippen molar-refractivity contribution in [1.29, 1.82) is 0 Å². The smallest absolute Gasteiger partial charge is 0.128 e. The molecule has 2 aliphatic rings. The van der Waals surface area contributed by atoms with Gasteiger partial charge in [0.15, 0.2) is 0 Å². The van der Waals surface area contributed by atoms with Gasteiger partial charge < -0.3 is 4.98 Å². The highest BCUT2D eigenvalue weighted by atomic mass is 15.1. The second-order valence-corrected chi connectivity index (χ2v) is 8.76. The second kappa shape index (κ2) is 7.37. The van der Waals surface area contributed by atoms with Crippen molar-refractivity contribution in [3.8, 4) is 11.3 Å². The van der Waals surface area contributed by atoms with Gasteiger partial charge in [-0.25, -0.2) is 9.97 Å². The molecule has 0 bridgehead atoms. The highest BCUT2D eigenvalue weighted by Crippen LogP contribution is 2.33. The first kappa shape index (κ1) is 17.8. The lowest BCUT2D eigenvalue weighted by Gasteiger charge is -2.28. The van der Waals surface area contributed by atoms with Gasteiger partial charge in [0.05, 0.1) is 11.4 Å². The fraction of sp³-hybridized carbons (Fsp3) is 0.308. The van der Waals surface area contributed by atoms with Crippen LogP contribution in [0.4, 0.5) is 0 Å². The van der Waals surface area contributed by atoms with Crippen LogP contribution in [0.1, 0.15) is 35.5 Å². The third kappa shape index (κ3) is 3.41. The summed E-state index contributed by atoms with van der Waals surface area (Å²) in [7, 11) is 0. The van der Waals surface area contributed by atoms with Crippen LogP contribution >= 0.6 is 0 Å². The molecule has 6 rings (SSSR count). The average Bonchev–Trinajstić information content (AvgIpc) is 3.53. The van der Waals surface area contributed by atoms with Crippen LogP contribution in [0.2, 0.25) is 0 Å². The Labute approximate surface area is 177 Å². The van der Waals surface area contributed by atoms with Crippen molar-refractivity contribution in [2.45, 2.75) is 38.8 Å². The maximum Gasteiger partial charge on any atom is 0.128 e. The Morgan fingerprint density at radius 2 is 1.83 bits per heavy atom. The van der Waals surface area contributed by atoms with Crippen molar-refractivity contribution < 1.29 is 0 Å². The van der Waals surface area contributed by atoms with Crippen molar-refractivity contribution in [1.82, 2.24) is 19.9 Å². The summed E-state index contributed by atoms with van der Waals surface area (Å²) in [4.78, 5) is 15.8. The molecule has 0 radical (unpaired) electrons. The van der Waals surface area contributed by atoms with Gasteiger partial charge in [-0.05, 0) is 47.9 Å². The zero-order valence-electron chi connectivity index (χ0n) is 17.1. The normalized spacial score (nSPS) is 16.7. The van der Waals surface area contributed by atoms with E-state index in [2.05, 4.69) is 75.7 Å². The van der Waals surface area contributed by atoms with Crippen LogP contribution in [0.3, 0.4) is 0 Å². The molecule has 1 aliphatic carbocycles. The lowest BCUT2D eigenvalue weighted by Crippen LogP contribution is -2.31. The van der Waals surface area contributed by atoms with Gasteiger partial charge in [0, 0.05) is 43.2 Å². The van der Waals surface area contributed by atoms with Gasteiger partial charge in [0.25, 0.3) is 0 Å². The van der Waals surface area contributed by atoms with Crippen LogP contribution in [0.15, 0.2) is 60.8 Å². The van der Waals surface area contributed by atoms with Crippen LogP contribution < -0.4 is 0 Å². The van der Waals surface area contributed by atoms with E-state index >= 15 is 0 Å². The van der Waals surface area contributed by atoms with Gasteiger partial charge in [0.2, 0.25) is 0 Å². The molecule has 2 aromatic carbocycles. The number of benzene rings is 2. The summed E-state index contributed by atoms with van der Waals surface area (Å²) >= 11 is 0. The molecule has 4 nitrogen and oxygen atoms in total. The number of hydrogen-bond acceptors (Lipinski definition) is 3. The van der Waals surface area contributed by atoms with E-state index in [0.29, 0.717) is 0 Å². The Morgan fingerprint density at radius 1 is 1.00 bits per heavy atom. The quantitative estimate of drug-likeness (QED) is 0.510. The maximum absolute atomic E-state index is 4.96. The van der Waals surface area contributed by atoms with Gasteiger partial charge in [0.1, 0.15) is 5.82 Å². The van der Waals surface area contributed by atoms with E-state index in [9.17, 15) is 0 Å². The topological polar surface area (TPSA) is 44.8 Å². The molecule has 1 saturated carbocycles. The fourth-order valence-corrected chi connectivity index (χ4v) is 4.65. The molecule has 30 heavy (non-hydrogen) atoms. The molecular weight excluding hydrogens is 368 g/mol. The Hall–Kier alpha value is -2.98. The molecule has 0 amide bonds. The molecule has 0 spiro atoms. The molecule has 150 valence electrons. The Bertz CT molecular complexity index is 1190. The number of nitrogens with one attached hydrogen (secondary N) is 1. The van der Waals surface area contributed by atoms with E-state index in [1.54, 1.807) is 0 Å². The molecule has 0 saturated heterocycles. The highest BCUT2D eigenvalue weighted by molar-refractivity contribution is 5.90. The number of aromatic amines is 1. The van der Waals surface area contributed by atoms with Crippen molar-refractivity contribution in [2.24, 2.45) is 5.92 Å². The van der Waals surface area contributed by atoms with E-state index in [0.717, 1.165) is 44.2 Å². The zero-order chi connectivity index (χ0) is 19.9. The maximum atomic E-state index is 4.96. The monoisotopic (exact) mass is 394 g/mol. The molecule has 0 atom stereocenters. The molecule has 1 fully saturated rings. The van der Waals surface area contributed by atoms with E-state index in [1.807, 2.05) is 0 Å². The largest absolute Gasteiger partial charge is 0.354 e. The van der Waals surface area contributed by atoms with Crippen molar-refractivity contribution in [3.63, 3.8) is 0 Å². The predicted molar refractivity (Wildman–Crippen MR) is 120 cm³/mol. The van der Waals surface area contributed by atoms with Gasteiger partial charge in [-0.2, -0.15) is 0 Å². The SMILES string of the molecule is c1ccc(-c2[nH]c3ccccc3c2CN2CCc3cnc(CC4CC4)nc3C2)cc1. The standard InChI is InChI=1S/C26H26N4/c1-2-6-19(7-3-1)26-22(21-8-4-5-9-23(21)29-26)16-30-13-12-20-15-27-25(14-18-10-11-18)28-24(20)17-30/h1-9,15,18,29H,10-14,16-17H2.